The fraction of sp³-hybridized carbons (Fsp3) is 0.440. The van der Waals surface area contributed by atoms with Crippen LogP contribution in [-0.4, -0.2) is 45.9 Å². The maximum Gasteiger partial charge on any atom is 0.247 e. The second-order valence-electron chi connectivity index (χ2n) is 8.81. The first-order chi connectivity index (χ1) is 16.2. The van der Waals surface area contributed by atoms with Crippen LogP contribution in [0.3, 0.4) is 0 Å². The van der Waals surface area contributed by atoms with E-state index in [-0.39, 0.29) is 43.2 Å². The number of methoxy groups -OCH3 is 1. The van der Waals surface area contributed by atoms with Crippen LogP contribution in [0, 0.1) is 24.5 Å². The average molecular weight is 487 g/mol. The summed E-state index contributed by atoms with van der Waals surface area (Å²) in [6.45, 7) is 5.96. The van der Waals surface area contributed by atoms with E-state index in [9.17, 15) is 13.6 Å². The highest BCUT2D eigenvalue weighted by molar-refractivity contribution is 6.03. The van der Waals surface area contributed by atoms with Gasteiger partial charge in [-0.1, -0.05) is 27.3 Å². The second kappa shape index (κ2) is 10.4. The summed E-state index contributed by atoms with van der Waals surface area (Å²) in [4.78, 5) is 23.7. The summed E-state index contributed by atoms with van der Waals surface area (Å²) in [6.07, 6.45) is 4.69. The van der Waals surface area contributed by atoms with Crippen molar-refractivity contribution in [1.29, 1.82) is 0 Å². The summed E-state index contributed by atoms with van der Waals surface area (Å²) < 4.78 is 34.6. The molecule has 188 valence electrons. The standard InChI is InChI=1S/C24H28F2N6O2.CH4/c1-13(2)22-24(33)30-21-14(3)28-18(29-23(21)31(22)4)9-6-15-10-27-32(11-15)12-16-7-8-17(34-5)20(26)19(16)25;/h7-8,10-11,13,22H,6,9,12H2,1-5H3,(H,30,33);1H4/t22-;/m0./s1. The third kappa shape index (κ3) is 5.11. The van der Waals surface area contributed by atoms with Gasteiger partial charge in [0.25, 0.3) is 0 Å². The van der Waals surface area contributed by atoms with Gasteiger partial charge in [-0.05, 0) is 30.9 Å². The van der Waals surface area contributed by atoms with E-state index in [1.165, 1.54) is 19.2 Å². The predicted octanol–water partition coefficient (Wildman–Crippen LogP) is 4.15. The Labute approximate surface area is 204 Å². The number of benzene rings is 1. The minimum atomic E-state index is -1.01. The van der Waals surface area contributed by atoms with Gasteiger partial charge in [0.1, 0.15) is 17.6 Å². The van der Waals surface area contributed by atoms with Crippen molar-refractivity contribution in [3.63, 3.8) is 0 Å². The lowest BCUT2D eigenvalue weighted by Gasteiger charge is -2.36. The lowest BCUT2D eigenvalue weighted by molar-refractivity contribution is -0.118. The van der Waals surface area contributed by atoms with Gasteiger partial charge in [0.05, 0.1) is 25.5 Å². The summed E-state index contributed by atoms with van der Waals surface area (Å²) in [5, 5.41) is 7.22. The normalized spacial score (nSPS) is 15.0. The largest absolute Gasteiger partial charge is 0.494 e. The van der Waals surface area contributed by atoms with Crippen molar-refractivity contribution in [1.82, 2.24) is 19.7 Å². The first-order valence-corrected chi connectivity index (χ1v) is 11.1. The molecular weight excluding hydrogens is 454 g/mol. The quantitative estimate of drug-likeness (QED) is 0.540. The van der Waals surface area contributed by atoms with E-state index in [4.69, 9.17) is 9.72 Å². The van der Waals surface area contributed by atoms with Gasteiger partial charge in [-0.2, -0.15) is 9.49 Å². The third-order valence-corrected chi connectivity index (χ3v) is 6.02. The summed E-state index contributed by atoms with van der Waals surface area (Å²) in [5.74, 6) is -0.617. The highest BCUT2D eigenvalue weighted by Crippen LogP contribution is 2.33. The van der Waals surface area contributed by atoms with E-state index in [0.29, 0.717) is 30.2 Å². The number of halogens is 2. The van der Waals surface area contributed by atoms with Crippen LogP contribution in [0.5, 0.6) is 5.75 Å². The van der Waals surface area contributed by atoms with E-state index >= 15 is 0 Å². The minimum absolute atomic E-state index is 0. The zero-order valence-electron chi connectivity index (χ0n) is 19.9. The number of fused-ring (bicyclic) bond motifs is 1. The molecule has 10 heteroatoms. The molecule has 0 saturated heterocycles. The number of carbonyl (C=O) groups is 1. The van der Waals surface area contributed by atoms with Gasteiger partial charge in [-0.25, -0.2) is 14.4 Å². The van der Waals surface area contributed by atoms with Crippen molar-refractivity contribution in [2.24, 2.45) is 5.92 Å². The molecule has 0 aliphatic carbocycles. The number of ether oxygens (including phenoxy) is 1. The molecule has 3 aromatic rings. The van der Waals surface area contributed by atoms with Crippen molar-refractivity contribution in [3.05, 3.63) is 58.8 Å². The van der Waals surface area contributed by atoms with Crippen molar-refractivity contribution < 1.29 is 18.3 Å². The number of hydrogen-bond donors (Lipinski definition) is 1. The molecule has 1 aliphatic rings. The molecule has 0 unspecified atom stereocenters. The number of anilines is 2. The lowest BCUT2D eigenvalue weighted by atomic mass is 9.99. The Morgan fingerprint density at radius 1 is 1.17 bits per heavy atom. The summed E-state index contributed by atoms with van der Waals surface area (Å²) in [5.41, 5.74) is 2.48. The van der Waals surface area contributed by atoms with Crippen LogP contribution in [0.2, 0.25) is 0 Å². The predicted molar refractivity (Wildman–Crippen MR) is 131 cm³/mol. The SMILES string of the molecule is C.COc1ccc(Cn2cc(CCc3nc(C)c4c(n3)N(C)[C@@H](C(C)C)C(=O)N4)cn2)c(F)c1F. The molecule has 0 fully saturated rings. The van der Waals surface area contributed by atoms with Crippen molar-refractivity contribution in [2.45, 2.75) is 53.6 Å². The number of nitrogens with one attached hydrogen (secondary N) is 1. The maximum absolute atomic E-state index is 14.3. The minimum Gasteiger partial charge on any atom is -0.494 e. The molecule has 2 aromatic heterocycles. The second-order valence-corrected chi connectivity index (χ2v) is 8.81. The maximum atomic E-state index is 14.3. The Kier molecular flexibility index (Phi) is 7.72. The van der Waals surface area contributed by atoms with E-state index in [1.54, 1.807) is 17.1 Å². The molecule has 0 radical (unpaired) electrons. The zero-order chi connectivity index (χ0) is 24.6. The van der Waals surface area contributed by atoms with Gasteiger partial charge in [0.2, 0.25) is 11.7 Å². The Morgan fingerprint density at radius 2 is 1.91 bits per heavy atom. The molecule has 1 aliphatic heterocycles. The van der Waals surface area contributed by atoms with Crippen LogP contribution in [0.25, 0.3) is 0 Å². The van der Waals surface area contributed by atoms with Gasteiger partial charge in [-0.3, -0.25) is 9.48 Å². The number of rotatable bonds is 7. The molecule has 1 atom stereocenters. The number of likely N-dealkylation sites (N-methyl/N-ethyl adjacent to an activating group) is 1. The van der Waals surface area contributed by atoms with Crippen molar-refractivity contribution in [3.8, 4) is 5.75 Å². The molecule has 3 heterocycles. The Morgan fingerprint density at radius 3 is 2.60 bits per heavy atom. The van der Waals surface area contributed by atoms with Crippen LogP contribution in [0.15, 0.2) is 24.5 Å². The molecule has 0 bridgehead atoms. The first kappa shape index (κ1) is 26.1. The Bertz CT molecular complexity index is 1230. The summed E-state index contributed by atoms with van der Waals surface area (Å²) >= 11 is 0. The van der Waals surface area contributed by atoms with Crippen LogP contribution in [0.4, 0.5) is 20.3 Å². The number of hydrogen-bond acceptors (Lipinski definition) is 6. The average Bonchev–Trinajstić information content (AvgIpc) is 3.24. The smallest absolute Gasteiger partial charge is 0.247 e. The number of nitrogens with zero attached hydrogens (tertiary/aromatic N) is 5. The van der Waals surface area contributed by atoms with Gasteiger partial charge >= 0.3 is 0 Å². The highest BCUT2D eigenvalue weighted by atomic mass is 19.2. The number of aryl methyl sites for hydroxylation is 3. The Hall–Kier alpha value is -3.56. The molecule has 8 nitrogen and oxygen atoms in total. The first-order valence-electron chi connectivity index (χ1n) is 11.1. The molecule has 1 amide bonds. The van der Waals surface area contributed by atoms with E-state index in [2.05, 4.69) is 15.4 Å². The molecule has 0 spiro atoms. The van der Waals surface area contributed by atoms with Crippen molar-refractivity contribution >= 4 is 17.4 Å². The topological polar surface area (TPSA) is 85.2 Å². The number of carbonyl (C=O) groups excluding carboxylic acids is 1. The monoisotopic (exact) mass is 486 g/mol. The number of amides is 1. The fourth-order valence-corrected chi connectivity index (χ4v) is 4.29. The van der Waals surface area contributed by atoms with Crippen LogP contribution < -0.4 is 15.0 Å². The van der Waals surface area contributed by atoms with E-state index in [1.807, 2.05) is 32.7 Å². The van der Waals surface area contributed by atoms with E-state index < -0.39 is 11.6 Å². The molecule has 35 heavy (non-hydrogen) atoms. The molecular formula is C25H32F2N6O2. The zero-order valence-corrected chi connectivity index (χ0v) is 19.9. The van der Waals surface area contributed by atoms with Crippen molar-refractivity contribution in [2.75, 3.05) is 24.4 Å². The summed E-state index contributed by atoms with van der Waals surface area (Å²) in [6, 6.07) is 2.59. The van der Waals surface area contributed by atoms with Crippen LogP contribution >= 0.6 is 0 Å². The van der Waals surface area contributed by atoms with Gasteiger partial charge in [0, 0.05) is 25.2 Å². The highest BCUT2D eigenvalue weighted by Gasteiger charge is 2.35. The molecule has 1 N–H and O–H groups in total. The van der Waals surface area contributed by atoms with Gasteiger partial charge < -0.3 is 15.0 Å². The van der Waals surface area contributed by atoms with Gasteiger partial charge in [-0.15, -0.1) is 0 Å². The van der Waals surface area contributed by atoms with Crippen LogP contribution in [-0.2, 0) is 24.2 Å². The fourth-order valence-electron chi connectivity index (χ4n) is 4.29. The van der Waals surface area contributed by atoms with Gasteiger partial charge in [0.15, 0.2) is 17.4 Å². The molecule has 4 rings (SSSR count). The Balaban J connectivity index is 0.00000342. The molecule has 0 saturated carbocycles. The number of aromatic nitrogens is 4. The molecule has 1 aromatic carbocycles. The van der Waals surface area contributed by atoms with E-state index in [0.717, 1.165) is 11.3 Å². The van der Waals surface area contributed by atoms with Crippen LogP contribution in [0.1, 0.15) is 43.9 Å². The summed E-state index contributed by atoms with van der Waals surface area (Å²) in [7, 11) is 3.17. The lowest BCUT2D eigenvalue weighted by Crippen LogP contribution is -2.49. The third-order valence-electron chi connectivity index (χ3n) is 6.02.